The molecule has 0 N–H and O–H groups in total. The topological polar surface area (TPSA) is 35.5 Å². The Morgan fingerprint density at radius 3 is 2.63 bits per heavy atom. The summed E-state index contributed by atoms with van der Waals surface area (Å²) in [7, 11) is 1.75. The van der Waals surface area contributed by atoms with E-state index >= 15 is 0 Å². The molecule has 110 valence electrons. The molecule has 1 saturated heterocycles. The van der Waals surface area contributed by atoms with E-state index in [-0.39, 0.29) is 6.29 Å². The van der Waals surface area contributed by atoms with Gasteiger partial charge in [-0.15, -0.1) is 0 Å². The SMILES string of the molecule is CO[C@@H]1OC[C@H](C)[C@@H]2CC[C@@H](C)[C@H](CCC(C)=O)[C@H]12. The highest BCUT2D eigenvalue weighted by Gasteiger charge is 2.47. The lowest BCUT2D eigenvalue weighted by atomic mass is 9.61. The first kappa shape index (κ1) is 15.0. The van der Waals surface area contributed by atoms with Crippen molar-refractivity contribution in [3.05, 3.63) is 0 Å². The average molecular weight is 268 g/mol. The van der Waals surface area contributed by atoms with E-state index in [0.29, 0.717) is 41.8 Å². The van der Waals surface area contributed by atoms with Gasteiger partial charge in [-0.2, -0.15) is 0 Å². The van der Waals surface area contributed by atoms with E-state index in [1.807, 2.05) is 0 Å². The summed E-state index contributed by atoms with van der Waals surface area (Å²) in [5.41, 5.74) is 0. The zero-order chi connectivity index (χ0) is 14.0. The number of ether oxygens (including phenoxy) is 2. The van der Waals surface area contributed by atoms with Crippen molar-refractivity contribution in [2.24, 2.45) is 29.6 Å². The lowest BCUT2D eigenvalue weighted by molar-refractivity contribution is -0.236. The molecule has 0 radical (unpaired) electrons. The monoisotopic (exact) mass is 268 g/mol. The fraction of sp³-hybridized carbons (Fsp3) is 0.938. The summed E-state index contributed by atoms with van der Waals surface area (Å²) in [5.74, 6) is 3.32. The summed E-state index contributed by atoms with van der Waals surface area (Å²) in [4.78, 5) is 11.3. The molecule has 1 saturated carbocycles. The minimum Gasteiger partial charge on any atom is -0.356 e. The molecule has 1 aliphatic carbocycles. The maximum atomic E-state index is 11.3. The molecule has 2 rings (SSSR count). The lowest BCUT2D eigenvalue weighted by Crippen LogP contribution is -2.50. The van der Waals surface area contributed by atoms with Gasteiger partial charge in [0.1, 0.15) is 5.78 Å². The van der Waals surface area contributed by atoms with Crippen LogP contribution in [0, 0.1) is 29.6 Å². The predicted molar refractivity (Wildman–Crippen MR) is 74.7 cm³/mol. The van der Waals surface area contributed by atoms with Gasteiger partial charge in [0.2, 0.25) is 0 Å². The Morgan fingerprint density at radius 2 is 2.00 bits per heavy atom. The molecule has 1 aliphatic heterocycles. The van der Waals surface area contributed by atoms with Crippen LogP contribution in [0.3, 0.4) is 0 Å². The minimum absolute atomic E-state index is 0.0686. The summed E-state index contributed by atoms with van der Waals surface area (Å²) in [6.07, 6.45) is 4.19. The van der Waals surface area contributed by atoms with Crippen molar-refractivity contribution >= 4 is 5.78 Å². The van der Waals surface area contributed by atoms with E-state index in [9.17, 15) is 4.79 Å². The van der Waals surface area contributed by atoms with Crippen LogP contribution in [0.25, 0.3) is 0 Å². The molecule has 19 heavy (non-hydrogen) atoms. The molecule has 0 unspecified atom stereocenters. The van der Waals surface area contributed by atoms with Crippen molar-refractivity contribution in [1.29, 1.82) is 0 Å². The summed E-state index contributed by atoms with van der Waals surface area (Å²) in [6, 6.07) is 0. The van der Waals surface area contributed by atoms with Crippen molar-refractivity contribution in [3.8, 4) is 0 Å². The third kappa shape index (κ3) is 3.19. The number of Topliss-reactive ketones (excluding diaryl/α,β-unsaturated/α-hetero) is 1. The van der Waals surface area contributed by atoms with Gasteiger partial charge < -0.3 is 14.3 Å². The Labute approximate surface area is 117 Å². The van der Waals surface area contributed by atoms with E-state index in [0.717, 1.165) is 13.0 Å². The molecule has 0 aromatic heterocycles. The first-order valence-corrected chi connectivity index (χ1v) is 7.68. The van der Waals surface area contributed by atoms with Crippen LogP contribution in [0.15, 0.2) is 0 Å². The second-order valence-electron chi connectivity index (χ2n) is 6.62. The number of hydrogen-bond donors (Lipinski definition) is 0. The van der Waals surface area contributed by atoms with Crippen molar-refractivity contribution in [1.82, 2.24) is 0 Å². The summed E-state index contributed by atoms with van der Waals surface area (Å²) in [5, 5.41) is 0. The molecule has 0 aromatic carbocycles. The second kappa shape index (κ2) is 6.36. The molecule has 3 nitrogen and oxygen atoms in total. The van der Waals surface area contributed by atoms with E-state index in [4.69, 9.17) is 9.47 Å². The maximum absolute atomic E-state index is 11.3. The molecule has 0 aromatic rings. The van der Waals surface area contributed by atoms with Crippen molar-refractivity contribution in [2.75, 3.05) is 13.7 Å². The number of hydrogen-bond acceptors (Lipinski definition) is 3. The van der Waals surface area contributed by atoms with Gasteiger partial charge in [-0.1, -0.05) is 20.3 Å². The maximum Gasteiger partial charge on any atom is 0.160 e. The van der Waals surface area contributed by atoms with Crippen LogP contribution in [0.5, 0.6) is 0 Å². The zero-order valence-corrected chi connectivity index (χ0v) is 12.7. The number of methoxy groups -OCH3 is 1. The Morgan fingerprint density at radius 1 is 1.26 bits per heavy atom. The second-order valence-corrected chi connectivity index (χ2v) is 6.62. The van der Waals surface area contributed by atoms with Crippen LogP contribution in [-0.4, -0.2) is 25.8 Å². The quantitative estimate of drug-likeness (QED) is 0.785. The largest absolute Gasteiger partial charge is 0.356 e. The molecular formula is C16H28O3. The van der Waals surface area contributed by atoms with E-state index < -0.39 is 0 Å². The van der Waals surface area contributed by atoms with Gasteiger partial charge >= 0.3 is 0 Å². The van der Waals surface area contributed by atoms with Crippen LogP contribution >= 0.6 is 0 Å². The number of carbonyl (C=O) groups is 1. The van der Waals surface area contributed by atoms with Crippen LogP contribution in [0.2, 0.25) is 0 Å². The smallest absolute Gasteiger partial charge is 0.160 e. The Kier molecular flexibility index (Phi) is 5.02. The molecule has 1 heterocycles. The molecule has 3 heteroatoms. The van der Waals surface area contributed by atoms with Crippen molar-refractivity contribution in [2.45, 2.75) is 52.7 Å². The normalized spacial score (nSPS) is 42.7. The van der Waals surface area contributed by atoms with Crippen LogP contribution in [0.1, 0.15) is 46.5 Å². The van der Waals surface area contributed by atoms with E-state index in [1.54, 1.807) is 14.0 Å². The van der Waals surface area contributed by atoms with Crippen LogP contribution in [-0.2, 0) is 14.3 Å². The number of fused-ring (bicyclic) bond motifs is 1. The number of ketones is 1. The first-order valence-electron chi connectivity index (χ1n) is 7.68. The van der Waals surface area contributed by atoms with Gasteiger partial charge in [0, 0.05) is 19.4 Å². The van der Waals surface area contributed by atoms with Gasteiger partial charge in [-0.3, -0.25) is 0 Å². The van der Waals surface area contributed by atoms with Gasteiger partial charge in [0.15, 0.2) is 6.29 Å². The highest BCUT2D eigenvalue weighted by molar-refractivity contribution is 5.75. The molecular weight excluding hydrogens is 240 g/mol. The molecule has 2 fully saturated rings. The van der Waals surface area contributed by atoms with Gasteiger partial charge in [0.05, 0.1) is 6.61 Å². The summed E-state index contributed by atoms with van der Waals surface area (Å²) in [6.45, 7) is 7.13. The van der Waals surface area contributed by atoms with Crippen LogP contribution in [0.4, 0.5) is 0 Å². The fourth-order valence-electron chi connectivity index (χ4n) is 4.18. The third-order valence-electron chi connectivity index (χ3n) is 5.31. The van der Waals surface area contributed by atoms with Gasteiger partial charge in [-0.05, 0) is 43.4 Å². The average Bonchev–Trinajstić information content (AvgIpc) is 2.37. The molecule has 6 atom stereocenters. The first-order chi connectivity index (χ1) is 9.04. The number of carbonyl (C=O) groups excluding carboxylic acids is 1. The predicted octanol–water partition coefficient (Wildman–Crippen LogP) is 3.27. The Hall–Kier alpha value is -0.410. The van der Waals surface area contributed by atoms with Gasteiger partial charge in [-0.25, -0.2) is 0 Å². The molecule has 2 aliphatic rings. The standard InChI is InChI=1S/C16H28O3/c1-10-5-7-14-11(2)9-19-16(18-4)15(14)13(10)8-6-12(3)17/h10-11,13-16H,5-9H2,1-4H3/t10-,11+,13+,14+,15+,16-/m1/s1. The Balaban J connectivity index is 2.14. The Bertz CT molecular complexity index is 315. The fourth-order valence-corrected chi connectivity index (χ4v) is 4.18. The highest BCUT2D eigenvalue weighted by atomic mass is 16.7. The number of rotatable bonds is 4. The van der Waals surface area contributed by atoms with E-state index in [2.05, 4.69) is 13.8 Å². The minimum atomic E-state index is -0.0686. The molecule has 0 amide bonds. The summed E-state index contributed by atoms with van der Waals surface area (Å²) < 4.78 is 11.5. The third-order valence-corrected chi connectivity index (χ3v) is 5.31. The van der Waals surface area contributed by atoms with Crippen molar-refractivity contribution in [3.63, 3.8) is 0 Å². The van der Waals surface area contributed by atoms with E-state index in [1.165, 1.54) is 12.8 Å². The van der Waals surface area contributed by atoms with Crippen LogP contribution < -0.4 is 0 Å². The van der Waals surface area contributed by atoms with Gasteiger partial charge in [0.25, 0.3) is 0 Å². The molecule has 0 bridgehead atoms. The highest BCUT2D eigenvalue weighted by Crippen LogP contribution is 2.48. The molecule has 0 spiro atoms. The summed E-state index contributed by atoms with van der Waals surface area (Å²) >= 11 is 0. The zero-order valence-electron chi connectivity index (χ0n) is 12.7. The lowest BCUT2D eigenvalue weighted by Gasteiger charge is -2.50. The van der Waals surface area contributed by atoms with Crippen molar-refractivity contribution < 1.29 is 14.3 Å².